The van der Waals surface area contributed by atoms with E-state index in [1.807, 2.05) is 22.7 Å². The Hall–Kier alpha value is -5.02. The lowest BCUT2D eigenvalue weighted by Crippen LogP contribution is -1.83. The SMILES string of the molecule is c1ccc2cc3c(cc2c1)sc1c2cc4cc(-c5ccc(-c6ccc7c(ccc8ccccc87)c6)cc5)ccc4cc2sc31. The number of benzene rings is 8. The minimum atomic E-state index is 1.24. The van der Waals surface area contributed by atoms with Gasteiger partial charge in [-0.3, -0.25) is 0 Å². The first-order valence-corrected chi connectivity index (χ1v) is 16.6. The molecule has 2 aromatic heterocycles. The first kappa shape index (κ1) is 24.4. The summed E-state index contributed by atoms with van der Waals surface area (Å²) in [5, 5.41) is 13.2. The van der Waals surface area contributed by atoms with Crippen molar-refractivity contribution in [2.24, 2.45) is 0 Å². The van der Waals surface area contributed by atoms with Crippen LogP contribution in [-0.2, 0) is 0 Å². The Balaban J connectivity index is 1.04. The highest BCUT2D eigenvalue weighted by molar-refractivity contribution is 7.36. The quantitative estimate of drug-likeness (QED) is 0.175. The summed E-state index contributed by atoms with van der Waals surface area (Å²) in [6.45, 7) is 0. The van der Waals surface area contributed by atoms with Crippen molar-refractivity contribution in [3.63, 3.8) is 0 Å². The second-order valence-corrected chi connectivity index (χ2v) is 13.9. The number of hydrogen-bond acceptors (Lipinski definition) is 2. The highest BCUT2D eigenvalue weighted by atomic mass is 32.1. The minimum Gasteiger partial charge on any atom is -0.134 e. The third-order valence-electron chi connectivity index (χ3n) is 9.20. The van der Waals surface area contributed by atoms with E-state index in [9.17, 15) is 0 Å². The topological polar surface area (TPSA) is 0 Å². The fourth-order valence-electron chi connectivity index (χ4n) is 6.91. The van der Waals surface area contributed by atoms with Crippen molar-refractivity contribution in [3.8, 4) is 22.3 Å². The van der Waals surface area contributed by atoms with Crippen molar-refractivity contribution in [2.75, 3.05) is 0 Å². The zero-order valence-electron chi connectivity index (χ0n) is 23.7. The van der Waals surface area contributed by atoms with Gasteiger partial charge in [-0.2, -0.15) is 0 Å². The van der Waals surface area contributed by atoms with Crippen LogP contribution in [0.3, 0.4) is 0 Å². The molecule has 2 heterocycles. The van der Waals surface area contributed by atoms with Crippen LogP contribution in [0.5, 0.6) is 0 Å². The van der Waals surface area contributed by atoms with Crippen LogP contribution in [0.25, 0.3) is 94.9 Å². The van der Waals surface area contributed by atoms with Crippen molar-refractivity contribution >= 4 is 95.3 Å². The first-order chi connectivity index (χ1) is 21.7. The summed E-state index contributed by atoms with van der Waals surface area (Å²) in [5.41, 5.74) is 4.98. The van der Waals surface area contributed by atoms with Gasteiger partial charge in [0, 0.05) is 20.2 Å². The van der Waals surface area contributed by atoms with Gasteiger partial charge in [-0.25, -0.2) is 0 Å². The van der Waals surface area contributed by atoms with E-state index in [4.69, 9.17) is 0 Å². The molecule has 10 rings (SSSR count). The fourth-order valence-corrected chi connectivity index (χ4v) is 9.61. The third-order valence-corrected chi connectivity index (χ3v) is 11.7. The van der Waals surface area contributed by atoms with E-state index in [-0.39, 0.29) is 0 Å². The number of fused-ring (bicyclic) bond motifs is 10. The molecule has 0 aliphatic rings. The van der Waals surface area contributed by atoms with Crippen molar-refractivity contribution in [1.82, 2.24) is 0 Å². The van der Waals surface area contributed by atoms with Gasteiger partial charge in [-0.15, -0.1) is 22.7 Å². The highest BCUT2D eigenvalue weighted by Gasteiger charge is 2.14. The molecule has 0 atom stereocenters. The van der Waals surface area contributed by atoms with Gasteiger partial charge in [0.2, 0.25) is 0 Å². The van der Waals surface area contributed by atoms with Gasteiger partial charge >= 0.3 is 0 Å². The molecule has 2 heteroatoms. The fraction of sp³-hybridized carbons (Fsp3) is 0. The second kappa shape index (κ2) is 9.24. The van der Waals surface area contributed by atoms with Crippen LogP contribution in [0, 0.1) is 0 Å². The Bertz CT molecular complexity index is 2760. The van der Waals surface area contributed by atoms with Gasteiger partial charge in [-0.05, 0) is 102 Å². The van der Waals surface area contributed by atoms with E-state index in [2.05, 4.69) is 146 Å². The van der Waals surface area contributed by atoms with Crippen LogP contribution in [-0.4, -0.2) is 0 Å². The molecule has 0 spiro atoms. The van der Waals surface area contributed by atoms with Gasteiger partial charge in [0.25, 0.3) is 0 Å². The predicted octanol–water partition coefficient (Wildman–Crippen LogP) is 13.2. The molecule has 0 unspecified atom stereocenters. The van der Waals surface area contributed by atoms with E-state index < -0.39 is 0 Å². The van der Waals surface area contributed by atoms with Gasteiger partial charge < -0.3 is 0 Å². The van der Waals surface area contributed by atoms with Gasteiger partial charge in [-0.1, -0.05) is 109 Å². The number of hydrogen-bond donors (Lipinski definition) is 0. The van der Waals surface area contributed by atoms with Crippen molar-refractivity contribution in [1.29, 1.82) is 0 Å². The van der Waals surface area contributed by atoms with Crippen molar-refractivity contribution in [3.05, 3.63) is 146 Å². The molecule has 44 heavy (non-hydrogen) atoms. The Morgan fingerprint density at radius 2 is 0.727 bits per heavy atom. The number of rotatable bonds is 2. The Morgan fingerprint density at radius 1 is 0.273 bits per heavy atom. The first-order valence-electron chi connectivity index (χ1n) is 15.0. The molecule has 8 aromatic carbocycles. The molecule has 0 nitrogen and oxygen atoms in total. The van der Waals surface area contributed by atoms with Crippen LogP contribution in [0.4, 0.5) is 0 Å². The maximum absolute atomic E-state index is 2.41. The van der Waals surface area contributed by atoms with E-state index in [0.717, 1.165) is 0 Å². The summed E-state index contributed by atoms with van der Waals surface area (Å²) in [6.07, 6.45) is 0. The van der Waals surface area contributed by atoms with Gasteiger partial charge in [0.1, 0.15) is 0 Å². The molecule has 10 aromatic rings. The molecule has 0 aliphatic carbocycles. The standard InChI is InChI=1S/C42H24S2/c1-2-7-29-23-39-37(21-28(29)6-1)41-42(43-39)38-22-34-20-30(14-15-32(34)24-40(38)44-41)25-9-11-26(12-10-25)31-17-18-36-33(19-31)16-13-27-5-3-4-8-35(27)36/h1-24H. The molecule has 0 aliphatic heterocycles. The van der Waals surface area contributed by atoms with Gasteiger partial charge in [0.05, 0.1) is 9.40 Å². The van der Waals surface area contributed by atoms with E-state index in [1.165, 1.54) is 94.9 Å². The molecule has 0 bridgehead atoms. The monoisotopic (exact) mass is 592 g/mol. The largest absolute Gasteiger partial charge is 0.134 e. The molecule has 204 valence electrons. The molecule has 0 fully saturated rings. The zero-order valence-corrected chi connectivity index (χ0v) is 25.3. The van der Waals surface area contributed by atoms with E-state index in [0.29, 0.717) is 0 Å². The summed E-state index contributed by atoms with van der Waals surface area (Å²) in [7, 11) is 0. The van der Waals surface area contributed by atoms with E-state index in [1.54, 1.807) is 0 Å². The van der Waals surface area contributed by atoms with Crippen LogP contribution < -0.4 is 0 Å². The highest BCUT2D eigenvalue weighted by Crippen LogP contribution is 2.46. The average molecular weight is 593 g/mol. The maximum Gasteiger partial charge on any atom is 0.0542 e. The van der Waals surface area contributed by atoms with Gasteiger partial charge in [0.15, 0.2) is 0 Å². The summed E-state index contributed by atoms with van der Waals surface area (Å²) in [6, 6.07) is 54.1. The third kappa shape index (κ3) is 3.68. The molecule has 0 saturated heterocycles. The minimum absolute atomic E-state index is 1.24. The summed E-state index contributed by atoms with van der Waals surface area (Å²) >= 11 is 3.87. The normalized spacial score (nSPS) is 12.1. The second-order valence-electron chi connectivity index (χ2n) is 11.8. The Kier molecular flexibility index (Phi) is 5.13. The molecule has 0 radical (unpaired) electrons. The molecular formula is C42H24S2. The van der Waals surface area contributed by atoms with E-state index >= 15 is 0 Å². The van der Waals surface area contributed by atoms with Crippen molar-refractivity contribution < 1.29 is 0 Å². The summed E-state index contributed by atoms with van der Waals surface area (Å²) in [4.78, 5) is 0. The molecular weight excluding hydrogens is 569 g/mol. The Labute approximate surface area is 262 Å². The van der Waals surface area contributed by atoms with Crippen molar-refractivity contribution in [2.45, 2.75) is 0 Å². The maximum atomic E-state index is 2.41. The van der Waals surface area contributed by atoms with Crippen LogP contribution in [0.15, 0.2) is 146 Å². The summed E-state index contributed by atoms with van der Waals surface area (Å²) in [5.74, 6) is 0. The number of thiophene rings is 2. The zero-order chi connectivity index (χ0) is 28.8. The smallest absolute Gasteiger partial charge is 0.0542 e. The van der Waals surface area contributed by atoms with Crippen LogP contribution >= 0.6 is 22.7 Å². The molecule has 0 N–H and O–H groups in total. The summed E-state index contributed by atoms with van der Waals surface area (Å²) < 4.78 is 5.57. The van der Waals surface area contributed by atoms with Crippen LogP contribution in [0.1, 0.15) is 0 Å². The molecule has 0 saturated carbocycles. The van der Waals surface area contributed by atoms with Crippen LogP contribution in [0.2, 0.25) is 0 Å². The molecule has 0 amide bonds. The average Bonchev–Trinajstić information content (AvgIpc) is 3.60. The lowest BCUT2D eigenvalue weighted by atomic mass is 9.95. The lowest BCUT2D eigenvalue weighted by Gasteiger charge is -2.09. The predicted molar refractivity (Wildman–Crippen MR) is 196 cm³/mol. The Morgan fingerprint density at radius 3 is 1.43 bits per heavy atom. The lowest BCUT2D eigenvalue weighted by molar-refractivity contribution is 1.62.